The van der Waals surface area contributed by atoms with E-state index in [9.17, 15) is 9.59 Å². The predicted octanol–water partition coefficient (Wildman–Crippen LogP) is 3.51. The maximum absolute atomic E-state index is 11.7. The lowest BCUT2D eigenvalue weighted by atomic mass is 10.1. The maximum atomic E-state index is 11.7. The molecule has 1 aromatic carbocycles. The summed E-state index contributed by atoms with van der Waals surface area (Å²) < 4.78 is 4.88. The van der Waals surface area contributed by atoms with E-state index in [2.05, 4.69) is 29.4 Å². The number of amides is 1. The molecule has 1 heterocycles. The molecule has 0 unspecified atom stereocenters. The molecule has 2 rings (SSSR count). The second-order valence-electron chi connectivity index (χ2n) is 5.40. The van der Waals surface area contributed by atoms with Crippen LogP contribution in [0.4, 0.5) is 5.13 Å². The molecule has 122 valence electrons. The lowest BCUT2D eigenvalue weighted by Crippen LogP contribution is -2.22. The first-order valence-corrected chi connectivity index (χ1v) is 8.39. The van der Waals surface area contributed by atoms with Gasteiger partial charge >= 0.3 is 5.97 Å². The van der Waals surface area contributed by atoms with Gasteiger partial charge in [0.05, 0.1) is 11.6 Å². The van der Waals surface area contributed by atoms with E-state index < -0.39 is 5.97 Å². The van der Waals surface area contributed by atoms with Crippen LogP contribution < -0.4 is 5.32 Å². The largest absolute Gasteiger partial charge is 0.455 e. The molecular weight excluding hydrogens is 312 g/mol. The van der Waals surface area contributed by atoms with Crippen molar-refractivity contribution < 1.29 is 14.3 Å². The lowest BCUT2D eigenvalue weighted by Gasteiger charge is -2.06. The lowest BCUT2D eigenvalue weighted by molar-refractivity contribution is -0.150. The summed E-state index contributed by atoms with van der Waals surface area (Å²) in [5.41, 5.74) is 3.08. The Kier molecular flexibility index (Phi) is 5.87. The van der Waals surface area contributed by atoms with Crippen molar-refractivity contribution in [1.82, 2.24) is 4.98 Å². The first-order chi connectivity index (χ1) is 11.0. The van der Waals surface area contributed by atoms with Crippen LogP contribution >= 0.6 is 11.3 Å². The van der Waals surface area contributed by atoms with E-state index in [-0.39, 0.29) is 18.4 Å². The third-order valence-electron chi connectivity index (χ3n) is 3.23. The molecule has 0 aliphatic rings. The van der Waals surface area contributed by atoms with Crippen LogP contribution in [-0.2, 0) is 20.7 Å². The fourth-order valence-corrected chi connectivity index (χ4v) is 2.57. The molecule has 0 fully saturated rings. The number of aromatic nitrogens is 1. The van der Waals surface area contributed by atoms with Crippen molar-refractivity contribution in [2.45, 2.75) is 27.2 Å². The minimum absolute atomic E-state index is 0.250. The quantitative estimate of drug-likeness (QED) is 0.822. The number of rotatable bonds is 6. The molecule has 0 aliphatic heterocycles. The monoisotopic (exact) mass is 332 g/mol. The van der Waals surface area contributed by atoms with Gasteiger partial charge in [-0.3, -0.25) is 14.9 Å². The zero-order chi connectivity index (χ0) is 16.8. The topological polar surface area (TPSA) is 68.3 Å². The number of benzene rings is 1. The van der Waals surface area contributed by atoms with Crippen molar-refractivity contribution in [2.24, 2.45) is 5.92 Å². The van der Waals surface area contributed by atoms with E-state index in [1.807, 2.05) is 17.5 Å². The van der Waals surface area contributed by atoms with Crippen molar-refractivity contribution in [3.63, 3.8) is 0 Å². The van der Waals surface area contributed by atoms with E-state index in [1.54, 1.807) is 13.8 Å². The fourth-order valence-electron chi connectivity index (χ4n) is 1.83. The first-order valence-electron chi connectivity index (χ1n) is 7.51. The van der Waals surface area contributed by atoms with Crippen LogP contribution in [0.3, 0.4) is 0 Å². The summed E-state index contributed by atoms with van der Waals surface area (Å²) in [6.45, 7) is 5.25. The zero-order valence-electron chi connectivity index (χ0n) is 13.5. The highest BCUT2D eigenvalue weighted by Crippen LogP contribution is 2.25. The molecule has 6 heteroatoms. The number of anilines is 1. The van der Waals surface area contributed by atoms with Crippen LogP contribution in [0.5, 0.6) is 0 Å². The normalized spacial score (nSPS) is 10.6. The van der Waals surface area contributed by atoms with Crippen molar-refractivity contribution in [3.8, 4) is 11.3 Å². The van der Waals surface area contributed by atoms with Gasteiger partial charge in [0.2, 0.25) is 0 Å². The first kappa shape index (κ1) is 17.1. The van der Waals surface area contributed by atoms with Gasteiger partial charge in [-0.15, -0.1) is 11.3 Å². The Bertz CT molecular complexity index is 677. The van der Waals surface area contributed by atoms with Crippen LogP contribution in [0.1, 0.15) is 26.3 Å². The van der Waals surface area contributed by atoms with Crippen LogP contribution in [0.2, 0.25) is 0 Å². The highest BCUT2D eigenvalue weighted by molar-refractivity contribution is 7.14. The van der Waals surface area contributed by atoms with Gasteiger partial charge in [0.15, 0.2) is 11.7 Å². The maximum Gasteiger partial charge on any atom is 0.308 e. The van der Waals surface area contributed by atoms with E-state index in [0.717, 1.165) is 17.7 Å². The SMILES string of the molecule is CCc1ccc(-c2csc(NC(=O)COC(=O)C(C)C)n2)cc1. The van der Waals surface area contributed by atoms with E-state index in [4.69, 9.17) is 4.74 Å². The summed E-state index contributed by atoms with van der Waals surface area (Å²) in [6.07, 6.45) is 0.994. The van der Waals surface area contributed by atoms with Gasteiger partial charge in [-0.1, -0.05) is 45.0 Å². The number of nitrogens with one attached hydrogen (secondary N) is 1. The van der Waals surface area contributed by atoms with Gasteiger partial charge in [0.25, 0.3) is 5.91 Å². The Morgan fingerprint density at radius 2 is 1.96 bits per heavy atom. The predicted molar refractivity (Wildman–Crippen MR) is 91.4 cm³/mol. The highest BCUT2D eigenvalue weighted by atomic mass is 32.1. The number of aryl methyl sites for hydroxylation is 1. The van der Waals surface area contributed by atoms with Gasteiger partial charge in [-0.2, -0.15) is 0 Å². The number of ether oxygens (including phenoxy) is 1. The van der Waals surface area contributed by atoms with Gasteiger partial charge in [0.1, 0.15) is 0 Å². The molecule has 1 aromatic heterocycles. The third kappa shape index (κ3) is 4.89. The summed E-state index contributed by atoms with van der Waals surface area (Å²) in [5.74, 6) is -1.03. The average Bonchev–Trinajstić information content (AvgIpc) is 3.01. The average molecular weight is 332 g/mol. The number of thiazole rings is 1. The second-order valence-corrected chi connectivity index (χ2v) is 6.26. The van der Waals surface area contributed by atoms with Crippen LogP contribution in [0.15, 0.2) is 29.6 Å². The van der Waals surface area contributed by atoms with Gasteiger partial charge < -0.3 is 4.74 Å². The summed E-state index contributed by atoms with van der Waals surface area (Å²) in [5, 5.41) is 5.02. The Labute approximate surface area is 139 Å². The molecule has 2 aromatic rings. The molecule has 5 nitrogen and oxygen atoms in total. The molecule has 0 saturated heterocycles. The summed E-state index contributed by atoms with van der Waals surface area (Å²) in [4.78, 5) is 27.5. The van der Waals surface area contributed by atoms with E-state index in [0.29, 0.717) is 5.13 Å². The smallest absolute Gasteiger partial charge is 0.308 e. The Balaban J connectivity index is 1.93. The molecule has 0 radical (unpaired) electrons. The number of esters is 1. The molecule has 0 aliphatic carbocycles. The summed E-state index contributed by atoms with van der Waals surface area (Å²) in [7, 11) is 0. The van der Waals surface area contributed by atoms with Crippen LogP contribution in [-0.4, -0.2) is 23.5 Å². The third-order valence-corrected chi connectivity index (χ3v) is 3.98. The summed E-state index contributed by atoms with van der Waals surface area (Å²) in [6, 6.07) is 8.17. The van der Waals surface area contributed by atoms with Crippen molar-refractivity contribution in [3.05, 3.63) is 35.2 Å². The fraction of sp³-hybridized carbons (Fsp3) is 0.353. The number of hydrogen-bond donors (Lipinski definition) is 1. The summed E-state index contributed by atoms with van der Waals surface area (Å²) >= 11 is 1.34. The highest BCUT2D eigenvalue weighted by Gasteiger charge is 2.12. The Morgan fingerprint density at radius 3 is 2.57 bits per heavy atom. The van der Waals surface area contributed by atoms with Crippen LogP contribution in [0, 0.1) is 5.92 Å². The number of hydrogen-bond acceptors (Lipinski definition) is 5. The molecule has 0 spiro atoms. The molecule has 0 atom stereocenters. The molecule has 23 heavy (non-hydrogen) atoms. The van der Waals surface area contributed by atoms with E-state index in [1.165, 1.54) is 16.9 Å². The Morgan fingerprint density at radius 1 is 1.26 bits per heavy atom. The molecular formula is C17H20N2O3S. The molecule has 0 bridgehead atoms. The number of carbonyl (C=O) groups excluding carboxylic acids is 2. The number of carbonyl (C=O) groups is 2. The molecule has 0 saturated carbocycles. The Hall–Kier alpha value is -2.21. The van der Waals surface area contributed by atoms with Crippen molar-refractivity contribution in [1.29, 1.82) is 0 Å². The van der Waals surface area contributed by atoms with Gasteiger partial charge in [-0.05, 0) is 12.0 Å². The zero-order valence-corrected chi connectivity index (χ0v) is 14.3. The van der Waals surface area contributed by atoms with Gasteiger partial charge in [-0.25, -0.2) is 4.98 Å². The van der Waals surface area contributed by atoms with E-state index >= 15 is 0 Å². The van der Waals surface area contributed by atoms with Crippen LogP contribution in [0.25, 0.3) is 11.3 Å². The standard InChI is InChI=1S/C17H20N2O3S/c1-4-12-5-7-13(8-6-12)14-10-23-17(18-14)19-15(20)9-22-16(21)11(2)3/h5-8,10-11H,4,9H2,1-3H3,(H,18,19,20). The second kappa shape index (κ2) is 7.87. The van der Waals surface area contributed by atoms with Crippen molar-refractivity contribution in [2.75, 3.05) is 11.9 Å². The minimum Gasteiger partial charge on any atom is -0.455 e. The number of nitrogens with zero attached hydrogens (tertiary/aromatic N) is 1. The van der Waals surface area contributed by atoms with Gasteiger partial charge in [0, 0.05) is 10.9 Å². The molecule has 1 N–H and O–H groups in total. The minimum atomic E-state index is -0.393. The molecule has 1 amide bonds. The van der Waals surface area contributed by atoms with Crippen molar-refractivity contribution >= 4 is 28.3 Å².